The van der Waals surface area contributed by atoms with Crippen LogP contribution in [-0.4, -0.2) is 66.3 Å². The summed E-state index contributed by atoms with van der Waals surface area (Å²) in [5.74, 6) is 0.698. The highest BCUT2D eigenvalue weighted by Crippen LogP contribution is 2.31. The molecule has 6 nitrogen and oxygen atoms in total. The molecule has 0 radical (unpaired) electrons. The van der Waals surface area contributed by atoms with Crippen LogP contribution in [0, 0.1) is 19.8 Å². The van der Waals surface area contributed by atoms with Crippen molar-refractivity contribution in [2.75, 3.05) is 39.4 Å². The number of carbonyl (C=O) groups is 1. The molecule has 1 aromatic carbocycles. The third kappa shape index (κ3) is 4.65. The van der Waals surface area contributed by atoms with Crippen molar-refractivity contribution in [1.29, 1.82) is 0 Å². The van der Waals surface area contributed by atoms with E-state index in [0.29, 0.717) is 12.0 Å². The first-order valence-corrected chi connectivity index (χ1v) is 10.8. The van der Waals surface area contributed by atoms with Gasteiger partial charge in [0.2, 0.25) is 0 Å². The van der Waals surface area contributed by atoms with Gasteiger partial charge in [0.1, 0.15) is 11.3 Å². The second kappa shape index (κ2) is 8.86. The normalized spacial score (nSPS) is 24.2. The van der Waals surface area contributed by atoms with Crippen molar-refractivity contribution in [3.8, 4) is 0 Å². The Hall–Kier alpha value is -1.89. The Bertz CT molecular complexity index is 856. The van der Waals surface area contributed by atoms with Crippen molar-refractivity contribution in [1.82, 2.24) is 9.80 Å². The molecule has 0 bridgehead atoms. The number of rotatable bonds is 6. The number of furan rings is 1. The van der Waals surface area contributed by atoms with Crippen molar-refractivity contribution < 1.29 is 19.1 Å². The number of likely N-dealkylation sites (tertiary alicyclic amines) is 1. The first-order chi connectivity index (χ1) is 14.0. The lowest BCUT2D eigenvalue weighted by Gasteiger charge is -2.45. The molecule has 6 heteroatoms. The highest BCUT2D eigenvalue weighted by molar-refractivity contribution is 5.82. The van der Waals surface area contributed by atoms with Crippen molar-refractivity contribution in [3.05, 3.63) is 35.1 Å². The SMILES string of the molecule is Cc1ccc2oc(CN3CC[C@H](N4CCOCC4)[C@H](CCC(=O)O)C3)c(C)c2c1. The first kappa shape index (κ1) is 20.4. The molecule has 2 aromatic rings. The summed E-state index contributed by atoms with van der Waals surface area (Å²) < 4.78 is 11.7. The van der Waals surface area contributed by atoms with E-state index in [2.05, 4.69) is 41.8 Å². The summed E-state index contributed by atoms with van der Waals surface area (Å²) in [5.41, 5.74) is 3.42. The predicted molar refractivity (Wildman–Crippen MR) is 112 cm³/mol. The Morgan fingerprint density at radius 1 is 1.21 bits per heavy atom. The van der Waals surface area contributed by atoms with Gasteiger partial charge < -0.3 is 14.3 Å². The van der Waals surface area contributed by atoms with Gasteiger partial charge in [-0.1, -0.05) is 11.6 Å². The highest BCUT2D eigenvalue weighted by Gasteiger charge is 2.34. The number of nitrogens with zero attached hydrogens (tertiary/aromatic N) is 2. The number of aliphatic carboxylic acids is 1. The molecular formula is C23H32N2O4. The van der Waals surface area contributed by atoms with Crippen LogP contribution in [0.2, 0.25) is 0 Å². The van der Waals surface area contributed by atoms with Gasteiger partial charge in [0.25, 0.3) is 0 Å². The average molecular weight is 401 g/mol. The van der Waals surface area contributed by atoms with Gasteiger partial charge in [-0.2, -0.15) is 0 Å². The number of carboxylic acid groups (broad SMARTS) is 1. The fourth-order valence-electron chi connectivity index (χ4n) is 4.96. The lowest BCUT2D eigenvalue weighted by Crippen LogP contribution is -2.53. The molecule has 2 saturated heterocycles. The molecule has 0 saturated carbocycles. The fourth-order valence-corrected chi connectivity index (χ4v) is 4.96. The van der Waals surface area contributed by atoms with E-state index < -0.39 is 5.97 Å². The molecule has 2 aliphatic rings. The van der Waals surface area contributed by atoms with E-state index in [1.54, 1.807) is 0 Å². The van der Waals surface area contributed by atoms with E-state index in [4.69, 9.17) is 9.15 Å². The average Bonchev–Trinajstić information content (AvgIpc) is 3.02. The maximum absolute atomic E-state index is 11.2. The fraction of sp³-hybridized carbons (Fsp3) is 0.609. The second-order valence-corrected chi connectivity index (χ2v) is 8.58. The van der Waals surface area contributed by atoms with Crippen molar-refractivity contribution in [2.45, 2.75) is 45.7 Å². The van der Waals surface area contributed by atoms with Crippen LogP contribution in [0.4, 0.5) is 0 Å². The summed E-state index contributed by atoms with van der Waals surface area (Å²) in [6.45, 7) is 10.4. The molecule has 29 heavy (non-hydrogen) atoms. The van der Waals surface area contributed by atoms with Crippen LogP contribution in [-0.2, 0) is 16.1 Å². The standard InChI is InChI=1S/C23H32N2O4/c1-16-3-5-21-19(13-16)17(2)22(29-21)15-24-8-7-20(25-9-11-28-12-10-25)18(14-24)4-6-23(26)27/h3,5,13,18,20H,4,6-12,14-15H2,1-2H3,(H,26,27)/t18-,20+/m1/s1. The minimum absolute atomic E-state index is 0.238. The van der Waals surface area contributed by atoms with Crippen LogP contribution >= 0.6 is 0 Å². The van der Waals surface area contributed by atoms with Crippen LogP contribution in [0.15, 0.2) is 22.6 Å². The third-order valence-electron chi connectivity index (χ3n) is 6.58. The molecule has 158 valence electrons. The minimum Gasteiger partial charge on any atom is -0.481 e. The molecule has 2 aliphatic heterocycles. The molecule has 0 unspecified atom stereocenters. The summed E-state index contributed by atoms with van der Waals surface area (Å²) >= 11 is 0. The second-order valence-electron chi connectivity index (χ2n) is 8.58. The van der Waals surface area contributed by atoms with E-state index >= 15 is 0 Å². The number of morpholine rings is 1. The minimum atomic E-state index is -0.702. The van der Waals surface area contributed by atoms with Crippen molar-refractivity contribution in [3.63, 3.8) is 0 Å². The number of fused-ring (bicyclic) bond motifs is 1. The maximum Gasteiger partial charge on any atom is 0.303 e. The number of aryl methyl sites for hydroxylation is 2. The molecule has 2 fully saturated rings. The summed E-state index contributed by atoms with van der Waals surface area (Å²) in [5, 5.41) is 10.4. The van der Waals surface area contributed by atoms with Crippen LogP contribution in [0.5, 0.6) is 0 Å². The number of ether oxygens (including phenoxy) is 1. The molecule has 3 heterocycles. The summed E-state index contributed by atoms with van der Waals surface area (Å²) in [6.07, 6.45) is 2.04. The Morgan fingerprint density at radius 3 is 2.76 bits per heavy atom. The zero-order valence-electron chi connectivity index (χ0n) is 17.5. The van der Waals surface area contributed by atoms with E-state index in [1.807, 2.05) is 0 Å². The molecule has 1 N–H and O–H groups in total. The van der Waals surface area contributed by atoms with Crippen LogP contribution in [0.25, 0.3) is 11.0 Å². The molecule has 0 amide bonds. The summed E-state index contributed by atoms with van der Waals surface area (Å²) in [6, 6.07) is 6.79. The topological polar surface area (TPSA) is 66.2 Å². The Balaban J connectivity index is 1.47. The number of benzene rings is 1. The molecule has 4 rings (SSSR count). The smallest absolute Gasteiger partial charge is 0.303 e. The molecule has 0 aliphatic carbocycles. The Kier molecular flexibility index (Phi) is 6.23. The monoisotopic (exact) mass is 400 g/mol. The van der Waals surface area contributed by atoms with Crippen LogP contribution in [0.3, 0.4) is 0 Å². The van der Waals surface area contributed by atoms with Gasteiger partial charge in [-0.05, 0) is 50.3 Å². The van der Waals surface area contributed by atoms with E-state index in [0.717, 1.165) is 70.1 Å². The number of hydrogen-bond acceptors (Lipinski definition) is 5. The predicted octanol–water partition coefficient (Wildman–Crippen LogP) is 3.44. The number of hydrogen-bond donors (Lipinski definition) is 1. The largest absolute Gasteiger partial charge is 0.481 e. The molecule has 0 spiro atoms. The molecule has 1 aromatic heterocycles. The van der Waals surface area contributed by atoms with Crippen LogP contribution in [0.1, 0.15) is 36.1 Å². The van der Waals surface area contributed by atoms with E-state index in [9.17, 15) is 9.90 Å². The first-order valence-electron chi connectivity index (χ1n) is 10.8. The Morgan fingerprint density at radius 2 is 2.00 bits per heavy atom. The molecule has 2 atom stereocenters. The lowest BCUT2D eigenvalue weighted by molar-refractivity contribution is -0.137. The van der Waals surface area contributed by atoms with Crippen molar-refractivity contribution in [2.24, 2.45) is 5.92 Å². The Labute approximate surface area is 172 Å². The lowest BCUT2D eigenvalue weighted by atomic mass is 9.86. The van der Waals surface area contributed by atoms with Gasteiger partial charge in [-0.25, -0.2) is 0 Å². The van der Waals surface area contributed by atoms with Gasteiger partial charge in [0.05, 0.1) is 19.8 Å². The van der Waals surface area contributed by atoms with E-state index in [-0.39, 0.29) is 6.42 Å². The number of carboxylic acids is 1. The summed E-state index contributed by atoms with van der Waals surface area (Å²) in [4.78, 5) is 16.2. The van der Waals surface area contributed by atoms with E-state index in [1.165, 1.54) is 16.5 Å². The highest BCUT2D eigenvalue weighted by atomic mass is 16.5. The van der Waals surface area contributed by atoms with Gasteiger partial charge in [-0.15, -0.1) is 0 Å². The van der Waals surface area contributed by atoms with Crippen molar-refractivity contribution >= 4 is 16.9 Å². The van der Waals surface area contributed by atoms with Gasteiger partial charge in [-0.3, -0.25) is 14.6 Å². The molecular weight excluding hydrogens is 368 g/mol. The zero-order chi connectivity index (χ0) is 20.4. The van der Waals surface area contributed by atoms with Crippen LogP contribution < -0.4 is 0 Å². The third-order valence-corrected chi connectivity index (χ3v) is 6.58. The quantitative estimate of drug-likeness (QED) is 0.801. The van der Waals surface area contributed by atoms with Gasteiger partial charge in [0.15, 0.2) is 0 Å². The van der Waals surface area contributed by atoms with Gasteiger partial charge >= 0.3 is 5.97 Å². The zero-order valence-corrected chi connectivity index (χ0v) is 17.5. The summed E-state index contributed by atoms with van der Waals surface area (Å²) in [7, 11) is 0. The number of piperidine rings is 1. The maximum atomic E-state index is 11.2. The van der Waals surface area contributed by atoms with Gasteiger partial charge in [0, 0.05) is 44.0 Å².